The van der Waals surface area contributed by atoms with Crippen molar-refractivity contribution in [2.24, 2.45) is 0 Å². The molecule has 6 heteroatoms. The molecule has 100 valence electrons. The van der Waals surface area contributed by atoms with Crippen molar-refractivity contribution in [1.29, 1.82) is 5.26 Å². The Morgan fingerprint density at radius 2 is 1.95 bits per heavy atom. The van der Waals surface area contributed by atoms with Crippen molar-refractivity contribution in [3.63, 3.8) is 0 Å². The molecule has 0 unspecified atom stereocenters. The Hall–Kier alpha value is -2.94. The molecule has 0 heterocycles. The number of ether oxygens (including phenoxy) is 1. The van der Waals surface area contributed by atoms with Crippen LogP contribution in [0.2, 0.25) is 0 Å². The van der Waals surface area contributed by atoms with Gasteiger partial charge in [-0.3, -0.25) is 10.1 Å². The second kappa shape index (κ2) is 5.36. The van der Waals surface area contributed by atoms with E-state index in [4.69, 9.17) is 10.00 Å². The summed E-state index contributed by atoms with van der Waals surface area (Å²) in [6.07, 6.45) is 0. The highest BCUT2D eigenvalue weighted by Gasteiger charge is 2.13. The van der Waals surface area contributed by atoms with Crippen LogP contribution in [0.1, 0.15) is 11.1 Å². The molecular weight excluding hydrogens is 263 g/mol. The Balaban J connectivity index is 2.31. The van der Waals surface area contributed by atoms with Crippen LogP contribution in [0, 0.1) is 34.2 Å². The SMILES string of the molecule is Cc1cc(C#N)ccc1Oc1ccc([N+](=O)[O-])cc1F. The van der Waals surface area contributed by atoms with Gasteiger partial charge in [0, 0.05) is 6.07 Å². The van der Waals surface area contributed by atoms with Crippen molar-refractivity contribution in [3.05, 3.63) is 63.5 Å². The Morgan fingerprint density at radius 3 is 2.50 bits per heavy atom. The number of halogens is 1. The molecule has 0 fully saturated rings. The first-order valence-corrected chi connectivity index (χ1v) is 5.64. The van der Waals surface area contributed by atoms with E-state index in [1.54, 1.807) is 25.1 Å². The largest absolute Gasteiger partial charge is 0.454 e. The highest BCUT2D eigenvalue weighted by molar-refractivity contribution is 5.45. The molecule has 0 saturated heterocycles. The fourth-order valence-electron chi connectivity index (χ4n) is 1.64. The summed E-state index contributed by atoms with van der Waals surface area (Å²) in [5.41, 5.74) is 0.798. The van der Waals surface area contributed by atoms with Gasteiger partial charge in [-0.15, -0.1) is 0 Å². The predicted molar refractivity (Wildman–Crippen MR) is 69.0 cm³/mol. The molecule has 2 aromatic rings. The van der Waals surface area contributed by atoms with Gasteiger partial charge < -0.3 is 4.74 Å². The molecule has 20 heavy (non-hydrogen) atoms. The van der Waals surface area contributed by atoms with Gasteiger partial charge >= 0.3 is 0 Å². The summed E-state index contributed by atoms with van der Waals surface area (Å²) in [5, 5.41) is 19.3. The van der Waals surface area contributed by atoms with Crippen LogP contribution in [0.15, 0.2) is 36.4 Å². The van der Waals surface area contributed by atoms with Crippen LogP contribution in [0.4, 0.5) is 10.1 Å². The zero-order valence-corrected chi connectivity index (χ0v) is 10.5. The van der Waals surface area contributed by atoms with Crippen molar-refractivity contribution in [2.45, 2.75) is 6.92 Å². The van der Waals surface area contributed by atoms with Crippen LogP contribution >= 0.6 is 0 Å². The van der Waals surface area contributed by atoms with Crippen LogP contribution in [0.3, 0.4) is 0 Å². The van der Waals surface area contributed by atoms with E-state index in [1.807, 2.05) is 6.07 Å². The smallest absolute Gasteiger partial charge is 0.272 e. The number of non-ortho nitro benzene ring substituents is 1. The number of rotatable bonds is 3. The normalized spacial score (nSPS) is 9.85. The van der Waals surface area contributed by atoms with E-state index < -0.39 is 10.7 Å². The average Bonchev–Trinajstić information content (AvgIpc) is 2.42. The molecule has 0 aromatic heterocycles. The number of nitro groups is 1. The highest BCUT2D eigenvalue weighted by Crippen LogP contribution is 2.29. The van der Waals surface area contributed by atoms with Gasteiger partial charge in [0.15, 0.2) is 11.6 Å². The Labute approximate surface area is 114 Å². The number of nitrogens with zero attached hydrogens (tertiary/aromatic N) is 2. The molecule has 5 nitrogen and oxygen atoms in total. The van der Waals surface area contributed by atoms with Crippen molar-refractivity contribution in [2.75, 3.05) is 0 Å². The lowest BCUT2D eigenvalue weighted by Crippen LogP contribution is -1.94. The van der Waals surface area contributed by atoms with Gasteiger partial charge in [-0.05, 0) is 36.8 Å². The Morgan fingerprint density at radius 1 is 1.25 bits per heavy atom. The van der Waals surface area contributed by atoms with Crippen LogP contribution in [0.25, 0.3) is 0 Å². The third-order valence-corrected chi connectivity index (χ3v) is 2.65. The maximum Gasteiger partial charge on any atom is 0.272 e. The number of hydrogen-bond acceptors (Lipinski definition) is 4. The fourth-order valence-corrected chi connectivity index (χ4v) is 1.64. The second-order valence-electron chi connectivity index (χ2n) is 4.07. The van der Waals surface area contributed by atoms with Gasteiger partial charge in [-0.25, -0.2) is 4.39 Å². The van der Waals surface area contributed by atoms with E-state index in [0.29, 0.717) is 16.9 Å². The standard InChI is InChI=1S/C14H9FN2O3/c1-9-6-10(8-16)2-4-13(9)20-14-5-3-11(17(18)19)7-12(14)15/h2-7H,1H3. The lowest BCUT2D eigenvalue weighted by Gasteiger charge is -2.09. The number of benzene rings is 2. The van der Waals surface area contributed by atoms with Crippen molar-refractivity contribution < 1.29 is 14.1 Å². The first-order chi connectivity index (χ1) is 9.51. The van der Waals surface area contributed by atoms with E-state index in [1.165, 1.54) is 6.07 Å². The molecular formula is C14H9FN2O3. The lowest BCUT2D eigenvalue weighted by atomic mass is 10.1. The maximum atomic E-state index is 13.7. The lowest BCUT2D eigenvalue weighted by molar-refractivity contribution is -0.385. The summed E-state index contributed by atoms with van der Waals surface area (Å²) in [6, 6.07) is 9.86. The maximum absolute atomic E-state index is 13.7. The van der Waals surface area contributed by atoms with Gasteiger partial charge in [-0.2, -0.15) is 5.26 Å². The van der Waals surface area contributed by atoms with Crippen molar-refractivity contribution >= 4 is 5.69 Å². The van der Waals surface area contributed by atoms with E-state index in [-0.39, 0.29) is 11.4 Å². The molecule has 2 rings (SSSR count). The first kappa shape index (κ1) is 13.5. The highest BCUT2D eigenvalue weighted by atomic mass is 19.1. The summed E-state index contributed by atoms with van der Waals surface area (Å²) in [7, 11) is 0. The van der Waals surface area contributed by atoms with Gasteiger partial charge in [0.25, 0.3) is 5.69 Å². The number of aryl methyl sites for hydroxylation is 1. The summed E-state index contributed by atoms with van der Waals surface area (Å²) in [5.74, 6) is -0.539. The van der Waals surface area contributed by atoms with E-state index in [0.717, 1.165) is 12.1 Å². The van der Waals surface area contributed by atoms with E-state index >= 15 is 0 Å². The molecule has 0 atom stereocenters. The van der Waals surface area contributed by atoms with Crippen LogP contribution in [-0.4, -0.2) is 4.92 Å². The molecule has 0 aliphatic heterocycles. The molecule has 0 saturated carbocycles. The zero-order chi connectivity index (χ0) is 14.7. The van der Waals surface area contributed by atoms with Gasteiger partial charge in [0.1, 0.15) is 5.75 Å². The van der Waals surface area contributed by atoms with Gasteiger partial charge in [0.05, 0.1) is 22.6 Å². The van der Waals surface area contributed by atoms with E-state index in [9.17, 15) is 14.5 Å². The molecule has 0 amide bonds. The number of nitriles is 1. The van der Waals surface area contributed by atoms with Crippen LogP contribution < -0.4 is 4.74 Å². The minimum absolute atomic E-state index is 0.108. The molecule has 0 spiro atoms. The van der Waals surface area contributed by atoms with Gasteiger partial charge in [-0.1, -0.05) is 0 Å². The molecule has 0 aliphatic carbocycles. The zero-order valence-electron chi connectivity index (χ0n) is 10.5. The van der Waals surface area contributed by atoms with Crippen molar-refractivity contribution in [3.8, 4) is 17.6 Å². The van der Waals surface area contributed by atoms with Crippen LogP contribution in [0.5, 0.6) is 11.5 Å². The molecule has 0 aliphatic rings. The van der Waals surface area contributed by atoms with Crippen molar-refractivity contribution in [1.82, 2.24) is 0 Å². The monoisotopic (exact) mass is 272 g/mol. The fraction of sp³-hybridized carbons (Fsp3) is 0.0714. The Bertz CT molecular complexity index is 723. The minimum Gasteiger partial charge on any atom is -0.454 e. The topological polar surface area (TPSA) is 76.2 Å². The number of nitro benzene ring substituents is 1. The summed E-state index contributed by atoms with van der Waals surface area (Å²) >= 11 is 0. The minimum atomic E-state index is -0.817. The summed E-state index contributed by atoms with van der Waals surface area (Å²) in [4.78, 5) is 9.83. The average molecular weight is 272 g/mol. The molecule has 0 bridgehead atoms. The molecule has 2 aromatic carbocycles. The molecule has 0 N–H and O–H groups in total. The Kier molecular flexibility index (Phi) is 3.62. The second-order valence-corrected chi connectivity index (χ2v) is 4.07. The third kappa shape index (κ3) is 2.72. The van der Waals surface area contributed by atoms with Gasteiger partial charge in [0.2, 0.25) is 0 Å². The predicted octanol–water partition coefficient (Wildman–Crippen LogP) is 3.71. The number of hydrogen-bond donors (Lipinski definition) is 0. The molecule has 0 radical (unpaired) electrons. The van der Waals surface area contributed by atoms with Crippen LogP contribution in [-0.2, 0) is 0 Å². The summed E-state index contributed by atoms with van der Waals surface area (Å²) < 4.78 is 19.1. The third-order valence-electron chi connectivity index (χ3n) is 2.65. The first-order valence-electron chi connectivity index (χ1n) is 5.64. The summed E-state index contributed by atoms with van der Waals surface area (Å²) in [6.45, 7) is 1.72. The van der Waals surface area contributed by atoms with E-state index in [2.05, 4.69) is 0 Å². The quantitative estimate of drug-likeness (QED) is 0.630.